The first-order chi connectivity index (χ1) is 7.62. The lowest BCUT2D eigenvalue weighted by Gasteiger charge is -2.29. The summed E-state index contributed by atoms with van der Waals surface area (Å²) in [4.78, 5) is 0. The summed E-state index contributed by atoms with van der Waals surface area (Å²) in [6, 6.07) is 0. The van der Waals surface area contributed by atoms with Crippen molar-refractivity contribution in [3.8, 4) is 0 Å². The van der Waals surface area contributed by atoms with Gasteiger partial charge in [-0.25, -0.2) is 4.39 Å². The highest BCUT2D eigenvalue weighted by atomic mass is 19.1. The molecule has 0 spiro atoms. The Bertz CT molecular complexity index is 179. The summed E-state index contributed by atoms with van der Waals surface area (Å²) >= 11 is 0. The third kappa shape index (κ3) is 5.80. The van der Waals surface area contributed by atoms with Gasteiger partial charge in [0.2, 0.25) is 0 Å². The van der Waals surface area contributed by atoms with E-state index < -0.39 is 5.67 Å². The van der Waals surface area contributed by atoms with Gasteiger partial charge in [-0.1, -0.05) is 19.3 Å². The van der Waals surface area contributed by atoms with Gasteiger partial charge in [0.1, 0.15) is 5.67 Å². The van der Waals surface area contributed by atoms with Crippen molar-refractivity contribution >= 4 is 0 Å². The highest BCUT2D eigenvalue weighted by molar-refractivity contribution is 4.84. The third-order valence-corrected chi connectivity index (χ3v) is 3.14. The zero-order chi connectivity index (χ0) is 11.9. The molecule has 0 bridgehead atoms. The lowest BCUT2D eigenvalue weighted by atomic mass is 9.86. The fourth-order valence-corrected chi connectivity index (χ4v) is 2.19. The van der Waals surface area contributed by atoms with Gasteiger partial charge >= 0.3 is 0 Å². The maximum absolute atomic E-state index is 14.1. The molecular weight excluding hydrogens is 205 g/mol. The molecule has 0 aromatic carbocycles. The molecule has 0 saturated heterocycles. The van der Waals surface area contributed by atoms with Crippen molar-refractivity contribution in [3.63, 3.8) is 0 Å². The zero-order valence-electron chi connectivity index (χ0n) is 10.7. The first-order valence-corrected chi connectivity index (χ1v) is 6.64. The molecule has 1 saturated carbocycles. The summed E-state index contributed by atoms with van der Waals surface area (Å²) < 4.78 is 19.5. The van der Waals surface area contributed by atoms with Crippen LogP contribution in [0.3, 0.4) is 0 Å². The normalized spacial score (nSPS) is 20.2. The van der Waals surface area contributed by atoms with Gasteiger partial charge in [0.25, 0.3) is 0 Å². The fraction of sp³-hybridized carbons (Fsp3) is 1.00. The summed E-state index contributed by atoms with van der Waals surface area (Å²) in [7, 11) is 0. The highest BCUT2D eigenvalue weighted by Crippen LogP contribution is 2.30. The molecule has 96 valence electrons. The molecule has 1 aliphatic rings. The predicted octanol–water partition coefficient (Wildman–Crippen LogP) is 3.06. The van der Waals surface area contributed by atoms with Crippen LogP contribution in [-0.4, -0.2) is 31.5 Å². The van der Waals surface area contributed by atoms with Crippen LogP contribution in [0.15, 0.2) is 0 Å². The summed E-state index contributed by atoms with van der Waals surface area (Å²) in [6.45, 7) is 6.22. The number of rotatable bonds is 7. The molecular formula is C13H26FNO. The number of nitrogens with one attached hydrogen (secondary N) is 1. The molecule has 1 rings (SSSR count). The molecule has 1 fully saturated rings. The van der Waals surface area contributed by atoms with E-state index in [2.05, 4.69) is 5.32 Å². The number of hydrogen-bond acceptors (Lipinski definition) is 2. The van der Waals surface area contributed by atoms with Crippen molar-refractivity contribution in [1.82, 2.24) is 5.32 Å². The minimum atomic E-state index is -0.933. The first kappa shape index (κ1) is 13.9. The molecule has 0 atom stereocenters. The van der Waals surface area contributed by atoms with Crippen LogP contribution in [0.25, 0.3) is 0 Å². The van der Waals surface area contributed by atoms with Crippen LogP contribution in [-0.2, 0) is 4.74 Å². The lowest BCUT2D eigenvalue weighted by molar-refractivity contribution is 0.0738. The Morgan fingerprint density at radius 1 is 1.25 bits per heavy atom. The average Bonchev–Trinajstić information content (AvgIpc) is 2.24. The van der Waals surface area contributed by atoms with Gasteiger partial charge in [-0.05, 0) is 39.7 Å². The van der Waals surface area contributed by atoms with Gasteiger partial charge in [-0.2, -0.15) is 0 Å². The van der Waals surface area contributed by atoms with E-state index in [1.807, 2.05) is 13.8 Å². The first-order valence-electron chi connectivity index (χ1n) is 6.64. The number of hydrogen-bond donors (Lipinski definition) is 1. The molecule has 1 aliphatic carbocycles. The Morgan fingerprint density at radius 2 is 1.94 bits per heavy atom. The predicted molar refractivity (Wildman–Crippen MR) is 65.5 cm³/mol. The quantitative estimate of drug-likeness (QED) is 0.680. The molecule has 0 aromatic rings. The number of halogens is 1. The van der Waals surface area contributed by atoms with E-state index in [0.29, 0.717) is 12.6 Å². The van der Waals surface area contributed by atoms with Gasteiger partial charge in [-0.15, -0.1) is 0 Å². The van der Waals surface area contributed by atoms with Crippen molar-refractivity contribution in [3.05, 3.63) is 0 Å². The average molecular weight is 231 g/mol. The van der Waals surface area contributed by atoms with E-state index in [0.717, 1.165) is 45.3 Å². The standard InChI is InChI=1S/C13H26FNO/c1-12(2)16-10-6-9-15-11-13(14)7-4-3-5-8-13/h12,15H,3-11H2,1-2H3. The molecule has 16 heavy (non-hydrogen) atoms. The number of ether oxygens (including phenoxy) is 1. The minimum absolute atomic E-state index is 0.297. The zero-order valence-corrected chi connectivity index (χ0v) is 10.7. The molecule has 0 heterocycles. The van der Waals surface area contributed by atoms with Crippen LogP contribution in [0.1, 0.15) is 52.4 Å². The van der Waals surface area contributed by atoms with Gasteiger partial charge in [-0.3, -0.25) is 0 Å². The largest absolute Gasteiger partial charge is 0.379 e. The Kier molecular flexibility index (Phi) is 6.29. The molecule has 2 nitrogen and oxygen atoms in total. The number of alkyl halides is 1. The molecule has 0 radical (unpaired) electrons. The van der Waals surface area contributed by atoms with Gasteiger partial charge in [0.05, 0.1) is 6.10 Å². The second kappa shape index (κ2) is 7.23. The molecule has 0 amide bonds. The van der Waals surface area contributed by atoms with Crippen LogP contribution in [0.2, 0.25) is 0 Å². The van der Waals surface area contributed by atoms with Crippen LogP contribution in [0.5, 0.6) is 0 Å². The molecule has 3 heteroatoms. The second-order valence-corrected chi connectivity index (χ2v) is 5.16. The maximum atomic E-state index is 14.1. The van der Waals surface area contributed by atoms with Crippen LogP contribution in [0, 0.1) is 0 Å². The maximum Gasteiger partial charge on any atom is 0.123 e. The van der Waals surface area contributed by atoms with Crippen molar-refractivity contribution in [2.24, 2.45) is 0 Å². The van der Waals surface area contributed by atoms with E-state index >= 15 is 0 Å². The smallest absolute Gasteiger partial charge is 0.123 e. The van der Waals surface area contributed by atoms with Crippen molar-refractivity contribution in [2.45, 2.75) is 64.1 Å². The Labute approximate surface area is 98.9 Å². The minimum Gasteiger partial charge on any atom is -0.379 e. The van der Waals surface area contributed by atoms with Crippen LogP contribution < -0.4 is 5.32 Å². The molecule has 0 aliphatic heterocycles. The van der Waals surface area contributed by atoms with E-state index in [4.69, 9.17) is 4.74 Å². The fourth-order valence-electron chi connectivity index (χ4n) is 2.19. The lowest BCUT2D eigenvalue weighted by Crippen LogP contribution is -2.38. The second-order valence-electron chi connectivity index (χ2n) is 5.16. The van der Waals surface area contributed by atoms with Gasteiger partial charge < -0.3 is 10.1 Å². The monoisotopic (exact) mass is 231 g/mol. The van der Waals surface area contributed by atoms with Gasteiger partial charge in [0.15, 0.2) is 0 Å². The van der Waals surface area contributed by atoms with Crippen LogP contribution >= 0.6 is 0 Å². The van der Waals surface area contributed by atoms with Crippen LogP contribution in [0.4, 0.5) is 4.39 Å². The SMILES string of the molecule is CC(C)OCCCNCC1(F)CCCCC1. The summed E-state index contributed by atoms with van der Waals surface area (Å²) in [5.74, 6) is 0. The van der Waals surface area contributed by atoms with Crippen molar-refractivity contribution < 1.29 is 9.13 Å². The molecule has 0 aromatic heterocycles. The van der Waals surface area contributed by atoms with E-state index in [1.165, 1.54) is 6.42 Å². The Balaban J connectivity index is 1.97. The Hall–Kier alpha value is -0.150. The molecule has 1 N–H and O–H groups in total. The van der Waals surface area contributed by atoms with E-state index in [1.54, 1.807) is 0 Å². The molecule has 0 unspecified atom stereocenters. The van der Waals surface area contributed by atoms with E-state index in [-0.39, 0.29) is 0 Å². The topological polar surface area (TPSA) is 21.3 Å². The van der Waals surface area contributed by atoms with Gasteiger partial charge in [0, 0.05) is 13.2 Å². The summed E-state index contributed by atoms with van der Waals surface area (Å²) in [5, 5.41) is 3.21. The van der Waals surface area contributed by atoms with Crippen molar-refractivity contribution in [2.75, 3.05) is 19.7 Å². The van der Waals surface area contributed by atoms with E-state index in [9.17, 15) is 4.39 Å². The highest BCUT2D eigenvalue weighted by Gasteiger charge is 2.30. The third-order valence-electron chi connectivity index (χ3n) is 3.14. The summed E-state index contributed by atoms with van der Waals surface area (Å²) in [5.41, 5.74) is -0.933. The summed E-state index contributed by atoms with van der Waals surface area (Å²) in [6.07, 6.45) is 6.04. The van der Waals surface area contributed by atoms with Crippen molar-refractivity contribution in [1.29, 1.82) is 0 Å². The Morgan fingerprint density at radius 3 is 2.56 bits per heavy atom.